The maximum Gasteiger partial charge on any atom is 0.805 e. The Morgan fingerprint density at radius 1 is 0.903 bits per heavy atom. The number of fused-ring (bicyclic) bond motifs is 1. The normalized spacial score (nSPS) is 11.2. The van der Waals surface area contributed by atoms with Crippen molar-refractivity contribution in [2.75, 3.05) is 0 Å². The summed E-state index contributed by atoms with van der Waals surface area (Å²) in [6, 6.07) is 22.4. The van der Waals surface area contributed by atoms with Crippen LogP contribution in [0.1, 0.15) is 5.56 Å². The van der Waals surface area contributed by atoms with E-state index in [-0.39, 0.29) is 17.2 Å². The number of nitrogens with zero attached hydrogens (tertiary/aromatic N) is 1. The quantitative estimate of drug-likeness (QED) is 0.172. The van der Waals surface area contributed by atoms with E-state index >= 15 is 0 Å². The summed E-state index contributed by atoms with van der Waals surface area (Å²) in [5.41, 5.74) is 1.47. The minimum Gasteiger partial charge on any atom is -0.258 e. The number of aryl methyl sites for hydroxylation is 1. The average molecular weight is 453 g/mol. The highest BCUT2D eigenvalue weighted by molar-refractivity contribution is 7.34. The van der Waals surface area contributed by atoms with Gasteiger partial charge >= 0.3 is 8.25 Å². The van der Waals surface area contributed by atoms with E-state index < -0.39 is 13.2 Å². The summed E-state index contributed by atoms with van der Waals surface area (Å²) in [5.74, 6) is 0.456. The second kappa shape index (κ2) is 8.72. The summed E-state index contributed by atoms with van der Waals surface area (Å²) in [6.07, 6.45) is 0. The van der Waals surface area contributed by atoms with Gasteiger partial charge in [-0.15, -0.1) is 0 Å². The van der Waals surface area contributed by atoms with E-state index in [1.54, 1.807) is 55.5 Å². The molecule has 0 aromatic heterocycles. The third-order valence-electron chi connectivity index (χ3n) is 4.77. The predicted octanol–water partition coefficient (Wildman–Crippen LogP) is 7.49. The Hall–Kier alpha value is -3.47. The molecule has 0 fully saturated rings. The van der Waals surface area contributed by atoms with Crippen molar-refractivity contribution < 1.29 is 18.5 Å². The fourth-order valence-electron chi connectivity index (χ4n) is 3.39. The van der Waals surface area contributed by atoms with Gasteiger partial charge in [0.15, 0.2) is 0 Å². The van der Waals surface area contributed by atoms with Crippen LogP contribution in [0.5, 0.6) is 11.5 Å². The second-order valence-corrected chi connectivity index (χ2v) is 7.95. The largest absolute Gasteiger partial charge is 0.805 e. The van der Waals surface area contributed by atoms with Crippen LogP contribution < -0.4 is 9.05 Å². The van der Waals surface area contributed by atoms with Crippen molar-refractivity contribution in [3.63, 3.8) is 0 Å². The maximum absolute atomic E-state index is 12.8. The lowest BCUT2D eigenvalue weighted by atomic mass is 9.95. The molecule has 0 N–H and O–H groups in total. The molecule has 0 amide bonds. The number of hydrogen-bond acceptors (Lipinski definition) is 5. The van der Waals surface area contributed by atoms with Crippen molar-refractivity contribution in [1.29, 1.82) is 0 Å². The van der Waals surface area contributed by atoms with Crippen LogP contribution in [0.15, 0.2) is 78.9 Å². The zero-order valence-corrected chi connectivity index (χ0v) is 18.0. The van der Waals surface area contributed by atoms with Gasteiger partial charge in [0, 0.05) is 21.6 Å². The van der Waals surface area contributed by atoms with Crippen molar-refractivity contribution in [1.82, 2.24) is 0 Å². The van der Waals surface area contributed by atoms with Crippen LogP contribution in [-0.4, -0.2) is 4.92 Å². The van der Waals surface area contributed by atoms with Crippen molar-refractivity contribution in [3.05, 3.63) is 99.6 Å². The average Bonchev–Trinajstić information content (AvgIpc) is 2.76. The summed E-state index contributed by atoms with van der Waals surface area (Å²) in [7, 11) is -2.67. The van der Waals surface area contributed by atoms with Crippen LogP contribution in [-0.2, 0) is 4.57 Å². The molecule has 31 heavy (non-hydrogen) atoms. The van der Waals surface area contributed by atoms with Gasteiger partial charge in [0.2, 0.25) is 11.5 Å². The molecule has 4 rings (SSSR count). The number of nitro benzene ring substituents is 1. The van der Waals surface area contributed by atoms with Gasteiger partial charge < -0.3 is 0 Å². The molecule has 154 valence electrons. The van der Waals surface area contributed by atoms with E-state index in [2.05, 4.69) is 0 Å². The Morgan fingerprint density at radius 3 is 2.42 bits per heavy atom. The summed E-state index contributed by atoms with van der Waals surface area (Å²) >= 11 is 6.09. The molecule has 6 nitrogen and oxygen atoms in total. The Morgan fingerprint density at radius 2 is 1.65 bits per heavy atom. The molecule has 0 saturated heterocycles. The first kappa shape index (κ1) is 20.8. The first-order valence-corrected chi connectivity index (χ1v) is 10.8. The molecular formula is C23H16ClNO5P+. The molecule has 1 atom stereocenters. The standard InChI is InChI=1S/C23H16ClNO5P/c1-15-7-6-11-20(25(26)27)22(15)18-14-13-16-8-2-3-9-17(16)23(18)30-31(28)29-21-12-5-4-10-19(21)24/h2-14H,1H3/q+1. The van der Waals surface area contributed by atoms with E-state index in [4.69, 9.17) is 20.6 Å². The zero-order valence-electron chi connectivity index (χ0n) is 16.3. The zero-order chi connectivity index (χ0) is 22.0. The lowest BCUT2D eigenvalue weighted by Crippen LogP contribution is -1.98. The number of rotatable bonds is 6. The van der Waals surface area contributed by atoms with Crippen LogP contribution in [0, 0.1) is 17.0 Å². The highest BCUT2D eigenvalue weighted by atomic mass is 35.5. The number of benzene rings is 4. The predicted molar refractivity (Wildman–Crippen MR) is 121 cm³/mol. The van der Waals surface area contributed by atoms with E-state index in [0.29, 0.717) is 27.1 Å². The first-order chi connectivity index (χ1) is 15.0. The molecule has 0 bridgehead atoms. The van der Waals surface area contributed by atoms with Crippen LogP contribution in [0.25, 0.3) is 21.9 Å². The fraction of sp³-hybridized carbons (Fsp3) is 0.0435. The van der Waals surface area contributed by atoms with Gasteiger partial charge in [-0.3, -0.25) is 10.1 Å². The van der Waals surface area contributed by atoms with Crippen molar-refractivity contribution in [2.45, 2.75) is 6.92 Å². The lowest BCUT2D eigenvalue weighted by molar-refractivity contribution is -0.384. The summed E-state index contributed by atoms with van der Waals surface area (Å²) in [6.45, 7) is 1.78. The highest BCUT2D eigenvalue weighted by Crippen LogP contribution is 2.46. The summed E-state index contributed by atoms with van der Waals surface area (Å²) in [4.78, 5) is 11.2. The molecule has 4 aromatic rings. The molecule has 0 radical (unpaired) electrons. The Labute approximate surface area is 184 Å². The summed E-state index contributed by atoms with van der Waals surface area (Å²) in [5, 5.41) is 13.5. The van der Waals surface area contributed by atoms with Crippen LogP contribution in [0.2, 0.25) is 5.02 Å². The van der Waals surface area contributed by atoms with Gasteiger partial charge in [-0.05, 0) is 36.1 Å². The van der Waals surface area contributed by atoms with Crippen molar-refractivity contribution in [2.24, 2.45) is 0 Å². The molecule has 8 heteroatoms. The Bertz CT molecular complexity index is 1320. The van der Waals surface area contributed by atoms with E-state index in [1.807, 2.05) is 24.3 Å². The maximum atomic E-state index is 12.8. The van der Waals surface area contributed by atoms with E-state index in [0.717, 1.165) is 5.39 Å². The first-order valence-electron chi connectivity index (χ1n) is 9.29. The number of para-hydroxylation sites is 1. The molecule has 0 heterocycles. The number of halogens is 1. The third-order valence-corrected chi connectivity index (χ3v) is 5.76. The minimum absolute atomic E-state index is 0.0672. The smallest absolute Gasteiger partial charge is 0.258 e. The monoisotopic (exact) mass is 452 g/mol. The minimum atomic E-state index is -2.67. The van der Waals surface area contributed by atoms with Gasteiger partial charge in [-0.1, -0.05) is 66.2 Å². The Kier molecular flexibility index (Phi) is 5.85. The summed E-state index contributed by atoms with van der Waals surface area (Å²) < 4.78 is 24.0. The molecule has 0 spiro atoms. The van der Waals surface area contributed by atoms with Crippen molar-refractivity contribution in [3.8, 4) is 22.6 Å². The fourth-order valence-corrected chi connectivity index (χ4v) is 4.32. The van der Waals surface area contributed by atoms with Gasteiger partial charge in [0.25, 0.3) is 5.69 Å². The molecule has 0 aliphatic rings. The molecule has 4 aromatic carbocycles. The lowest BCUT2D eigenvalue weighted by Gasteiger charge is -2.11. The second-order valence-electron chi connectivity index (χ2n) is 6.73. The molecule has 1 unspecified atom stereocenters. The van der Waals surface area contributed by atoms with Crippen molar-refractivity contribution >= 4 is 36.3 Å². The highest BCUT2D eigenvalue weighted by Gasteiger charge is 2.31. The van der Waals surface area contributed by atoms with Crippen LogP contribution in [0.3, 0.4) is 0 Å². The molecular weight excluding hydrogens is 437 g/mol. The Balaban J connectivity index is 1.86. The number of hydrogen-bond donors (Lipinski definition) is 0. The van der Waals surface area contributed by atoms with E-state index in [1.165, 1.54) is 6.07 Å². The SMILES string of the molecule is Cc1cccc([N+](=O)[O-])c1-c1ccc2ccccc2c1O[P+](=O)Oc1ccccc1Cl. The van der Waals surface area contributed by atoms with Gasteiger partial charge in [0.05, 0.1) is 15.5 Å². The van der Waals surface area contributed by atoms with Gasteiger partial charge in [-0.2, -0.15) is 0 Å². The van der Waals surface area contributed by atoms with Gasteiger partial charge in [0.1, 0.15) is 0 Å². The van der Waals surface area contributed by atoms with E-state index in [9.17, 15) is 14.7 Å². The van der Waals surface area contributed by atoms with Crippen LogP contribution in [0.4, 0.5) is 5.69 Å². The topological polar surface area (TPSA) is 78.7 Å². The third kappa shape index (κ3) is 4.22. The number of nitro groups is 1. The van der Waals surface area contributed by atoms with Crippen LogP contribution >= 0.6 is 19.9 Å². The van der Waals surface area contributed by atoms with Gasteiger partial charge in [-0.25, -0.2) is 9.05 Å². The molecule has 0 aliphatic heterocycles. The molecule has 0 aliphatic carbocycles. The molecule has 0 saturated carbocycles.